The van der Waals surface area contributed by atoms with Crippen molar-refractivity contribution in [3.05, 3.63) is 35.6 Å². The molecule has 1 aliphatic carbocycles. The monoisotopic (exact) mass is 231 g/mol. The quantitative estimate of drug-likeness (QED) is 0.749. The molecule has 0 aromatic rings. The summed E-state index contributed by atoms with van der Waals surface area (Å²) in [6.45, 7) is 0.217. The highest BCUT2D eigenvalue weighted by molar-refractivity contribution is 5.92. The molecule has 17 heavy (non-hydrogen) atoms. The third kappa shape index (κ3) is 1.79. The van der Waals surface area contributed by atoms with Crippen LogP contribution in [0.25, 0.3) is 0 Å². The highest BCUT2D eigenvalue weighted by atomic mass is 16.5. The molecule has 4 nitrogen and oxygen atoms in total. The van der Waals surface area contributed by atoms with E-state index < -0.39 is 5.97 Å². The Kier molecular flexibility index (Phi) is 2.35. The molecule has 2 aliphatic heterocycles. The van der Waals surface area contributed by atoms with Gasteiger partial charge in [0.2, 0.25) is 0 Å². The Morgan fingerprint density at radius 2 is 2.41 bits per heavy atom. The van der Waals surface area contributed by atoms with Gasteiger partial charge in [0.05, 0.1) is 18.0 Å². The summed E-state index contributed by atoms with van der Waals surface area (Å²) in [5, 5.41) is 8.96. The predicted octanol–water partition coefficient (Wildman–Crippen LogP) is 1.91. The van der Waals surface area contributed by atoms with Crippen molar-refractivity contribution < 1.29 is 14.6 Å². The van der Waals surface area contributed by atoms with Crippen molar-refractivity contribution in [2.24, 2.45) is 16.8 Å². The molecule has 3 aliphatic rings. The van der Waals surface area contributed by atoms with E-state index in [1.165, 1.54) is 0 Å². The van der Waals surface area contributed by atoms with Crippen LogP contribution < -0.4 is 0 Å². The smallest absolute Gasteiger partial charge is 0.333 e. The fourth-order valence-corrected chi connectivity index (χ4v) is 2.48. The molecule has 1 fully saturated rings. The van der Waals surface area contributed by atoms with Gasteiger partial charge in [0.1, 0.15) is 5.76 Å². The molecule has 4 heteroatoms. The number of carbonyl (C=O) groups is 1. The fraction of sp³-hybridized carbons (Fsp3) is 0.385. The van der Waals surface area contributed by atoms with Gasteiger partial charge in [-0.05, 0) is 18.9 Å². The molecule has 2 heterocycles. The largest absolute Gasteiger partial charge is 0.478 e. The molecule has 3 rings (SSSR count). The van der Waals surface area contributed by atoms with Gasteiger partial charge < -0.3 is 9.84 Å². The standard InChI is InChI=1S/C13H13NO3/c15-13(16)10-6-9-5-8-3-1-2-4-11(8)17-12(9)14-7-10/h1-2,4,6,8-9H,3,5,7H2,(H,15,16). The summed E-state index contributed by atoms with van der Waals surface area (Å²) in [6.07, 6.45) is 9.74. The van der Waals surface area contributed by atoms with Crippen LogP contribution >= 0.6 is 0 Å². The predicted molar refractivity (Wildman–Crippen MR) is 62.5 cm³/mol. The Morgan fingerprint density at radius 1 is 1.53 bits per heavy atom. The molecule has 88 valence electrons. The van der Waals surface area contributed by atoms with Crippen molar-refractivity contribution in [3.63, 3.8) is 0 Å². The molecule has 0 aromatic heterocycles. The Bertz CT molecular complexity index is 485. The number of dihydropyridines is 1. The first-order chi connectivity index (χ1) is 8.24. The van der Waals surface area contributed by atoms with Crippen molar-refractivity contribution in [2.75, 3.05) is 6.54 Å². The van der Waals surface area contributed by atoms with Crippen molar-refractivity contribution in [2.45, 2.75) is 12.8 Å². The van der Waals surface area contributed by atoms with Gasteiger partial charge in [-0.1, -0.05) is 18.2 Å². The van der Waals surface area contributed by atoms with E-state index in [1.807, 2.05) is 12.2 Å². The lowest BCUT2D eigenvalue weighted by Gasteiger charge is -2.33. The first-order valence-electron chi connectivity index (χ1n) is 5.77. The summed E-state index contributed by atoms with van der Waals surface area (Å²) < 4.78 is 5.74. The Hall–Kier alpha value is -1.84. The van der Waals surface area contributed by atoms with Gasteiger partial charge in [0, 0.05) is 5.92 Å². The van der Waals surface area contributed by atoms with Crippen LogP contribution in [0.5, 0.6) is 0 Å². The molecular weight excluding hydrogens is 218 g/mol. The number of nitrogens with zero attached hydrogens (tertiary/aromatic N) is 1. The molecule has 0 spiro atoms. The molecule has 0 saturated carbocycles. The maximum absolute atomic E-state index is 10.9. The Labute approximate surface area is 99.0 Å². The zero-order chi connectivity index (χ0) is 11.8. The van der Waals surface area contributed by atoms with Crippen LogP contribution in [0.2, 0.25) is 0 Å². The van der Waals surface area contributed by atoms with Crippen LogP contribution in [0.4, 0.5) is 0 Å². The number of aliphatic carboxylic acids is 1. The van der Waals surface area contributed by atoms with E-state index in [-0.39, 0.29) is 12.5 Å². The Balaban J connectivity index is 1.85. The average Bonchev–Trinajstić information content (AvgIpc) is 2.35. The molecule has 0 aromatic carbocycles. The van der Waals surface area contributed by atoms with E-state index in [0.29, 0.717) is 17.4 Å². The van der Waals surface area contributed by atoms with Gasteiger partial charge in [0.15, 0.2) is 5.90 Å². The number of carboxylic acid groups (broad SMARTS) is 1. The van der Waals surface area contributed by atoms with Gasteiger partial charge in [-0.15, -0.1) is 0 Å². The van der Waals surface area contributed by atoms with Crippen molar-refractivity contribution in [1.82, 2.24) is 0 Å². The number of rotatable bonds is 1. The summed E-state index contributed by atoms with van der Waals surface area (Å²) >= 11 is 0. The minimum absolute atomic E-state index is 0.0310. The summed E-state index contributed by atoms with van der Waals surface area (Å²) in [4.78, 5) is 15.1. The van der Waals surface area contributed by atoms with Crippen LogP contribution in [-0.4, -0.2) is 23.5 Å². The van der Waals surface area contributed by atoms with Gasteiger partial charge in [-0.2, -0.15) is 0 Å². The van der Waals surface area contributed by atoms with Crippen LogP contribution in [0.15, 0.2) is 40.6 Å². The van der Waals surface area contributed by atoms with Gasteiger partial charge in [-0.3, -0.25) is 0 Å². The molecule has 2 atom stereocenters. The van der Waals surface area contributed by atoms with Crippen molar-refractivity contribution in [3.8, 4) is 0 Å². The lowest BCUT2D eigenvalue weighted by Crippen LogP contribution is -2.32. The first-order valence-corrected chi connectivity index (χ1v) is 5.77. The number of allylic oxidation sites excluding steroid dienone is 4. The molecule has 2 unspecified atom stereocenters. The van der Waals surface area contributed by atoms with Crippen LogP contribution in [-0.2, 0) is 9.53 Å². The van der Waals surface area contributed by atoms with Crippen LogP contribution in [0.1, 0.15) is 12.8 Å². The third-order valence-corrected chi connectivity index (χ3v) is 3.38. The van der Waals surface area contributed by atoms with Crippen molar-refractivity contribution in [1.29, 1.82) is 0 Å². The maximum atomic E-state index is 10.9. The highest BCUT2D eigenvalue weighted by Gasteiger charge is 2.34. The molecule has 0 bridgehead atoms. The fourth-order valence-electron chi connectivity index (χ4n) is 2.48. The minimum Gasteiger partial charge on any atom is -0.478 e. The number of carboxylic acids is 1. The van der Waals surface area contributed by atoms with E-state index in [1.54, 1.807) is 6.08 Å². The lowest BCUT2D eigenvalue weighted by molar-refractivity contribution is -0.132. The molecule has 0 amide bonds. The zero-order valence-electron chi connectivity index (χ0n) is 9.30. The summed E-state index contributed by atoms with van der Waals surface area (Å²) in [7, 11) is 0. The second kappa shape index (κ2) is 3.87. The van der Waals surface area contributed by atoms with Crippen LogP contribution in [0, 0.1) is 11.8 Å². The minimum atomic E-state index is -0.877. The summed E-state index contributed by atoms with van der Waals surface area (Å²) in [5.41, 5.74) is 0.376. The van der Waals surface area contributed by atoms with E-state index in [2.05, 4.69) is 11.1 Å². The number of hydrogen-bond acceptors (Lipinski definition) is 3. The van der Waals surface area contributed by atoms with Gasteiger partial charge in [-0.25, -0.2) is 9.79 Å². The van der Waals surface area contributed by atoms with E-state index in [9.17, 15) is 4.79 Å². The second-order valence-corrected chi connectivity index (χ2v) is 4.53. The third-order valence-electron chi connectivity index (χ3n) is 3.38. The van der Waals surface area contributed by atoms with Crippen LogP contribution in [0.3, 0.4) is 0 Å². The van der Waals surface area contributed by atoms with Gasteiger partial charge in [0.25, 0.3) is 0 Å². The van der Waals surface area contributed by atoms with E-state index in [0.717, 1.165) is 18.6 Å². The molecule has 1 saturated heterocycles. The summed E-state index contributed by atoms with van der Waals surface area (Å²) in [5.74, 6) is 1.16. The number of ether oxygens (including phenoxy) is 1. The van der Waals surface area contributed by atoms with Gasteiger partial charge >= 0.3 is 5.97 Å². The second-order valence-electron chi connectivity index (χ2n) is 4.53. The van der Waals surface area contributed by atoms with E-state index >= 15 is 0 Å². The molecule has 0 radical (unpaired) electrons. The number of fused-ring (bicyclic) bond motifs is 2. The van der Waals surface area contributed by atoms with Crippen molar-refractivity contribution >= 4 is 11.9 Å². The summed E-state index contributed by atoms with van der Waals surface area (Å²) in [6, 6.07) is 0. The van der Waals surface area contributed by atoms with E-state index in [4.69, 9.17) is 9.84 Å². The number of hydrogen-bond donors (Lipinski definition) is 1. The average molecular weight is 231 g/mol. The zero-order valence-corrected chi connectivity index (χ0v) is 9.30. The Morgan fingerprint density at radius 3 is 3.24 bits per heavy atom. The first kappa shape index (κ1) is 10.3. The highest BCUT2D eigenvalue weighted by Crippen LogP contribution is 2.36. The number of aliphatic imine (C=N–C) groups is 1. The topological polar surface area (TPSA) is 58.9 Å². The lowest BCUT2D eigenvalue weighted by atomic mass is 9.84. The molecular formula is C13H13NO3. The SMILES string of the molecule is O=C(O)C1=CC2CC3CC=CC=C3OC2=NC1. The normalized spacial score (nSPS) is 30.2. The maximum Gasteiger partial charge on any atom is 0.333 e. The molecule has 1 N–H and O–H groups in total.